The molecule has 0 aromatic rings. The minimum absolute atomic E-state index is 0.0433. The van der Waals surface area contributed by atoms with Gasteiger partial charge in [0.25, 0.3) is 0 Å². The van der Waals surface area contributed by atoms with E-state index in [9.17, 15) is 51.1 Å². The Morgan fingerprint density at radius 3 is 2.00 bits per heavy atom. The van der Waals surface area contributed by atoms with Crippen LogP contribution in [0.1, 0.15) is 113 Å². The van der Waals surface area contributed by atoms with Crippen LogP contribution < -0.4 is 0 Å². The largest absolute Gasteiger partial charge is 0.394 e. The first-order valence-electron chi connectivity index (χ1n) is 23.6. The van der Waals surface area contributed by atoms with E-state index in [0.717, 1.165) is 31.3 Å². The second-order valence-electron chi connectivity index (χ2n) is 22.3. The second kappa shape index (κ2) is 18.6. The van der Waals surface area contributed by atoms with Crippen LogP contribution in [0.25, 0.3) is 0 Å². The molecule has 368 valence electrons. The fraction of sp³-hybridized carbons (Fsp3) is 0.936. The minimum Gasteiger partial charge on any atom is -0.394 e. The van der Waals surface area contributed by atoms with Crippen molar-refractivity contribution in [2.24, 2.45) is 45.3 Å². The maximum Gasteiger partial charge on any atom is 0.187 e. The van der Waals surface area contributed by atoms with Gasteiger partial charge in [0.05, 0.1) is 31.5 Å². The fourth-order valence-electron chi connectivity index (χ4n) is 14.2. The van der Waals surface area contributed by atoms with Crippen molar-refractivity contribution < 1.29 is 84.3 Å². The molecule has 0 spiro atoms. The van der Waals surface area contributed by atoms with E-state index in [1.807, 2.05) is 20.8 Å². The molecule has 3 aliphatic heterocycles. The van der Waals surface area contributed by atoms with Crippen LogP contribution in [0, 0.1) is 45.3 Å². The summed E-state index contributed by atoms with van der Waals surface area (Å²) in [6, 6.07) is 0. The molecule has 23 unspecified atom stereocenters. The van der Waals surface area contributed by atoms with Gasteiger partial charge >= 0.3 is 0 Å². The Labute approximate surface area is 377 Å². The number of aliphatic hydroxyl groups is 10. The lowest BCUT2D eigenvalue weighted by Crippen LogP contribution is -2.67. The summed E-state index contributed by atoms with van der Waals surface area (Å²) in [6.45, 7) is 16.1. The van der Waals surface area contributed by atoms with Gasteiger partial charge in [-0.2, -0.15) is 0 Å². The van der Waals surface area contributed by atoms with Gasteiger partial charge in [-0.3, -0.25) is 4.79 Å². The van der Waals surface area contributed by atoms with Crippen molar-refractivity contribution in [2.75, 3.05) is 19.8 Å². The summed E-state index contributed by atoms with van der Waals surface area (Å²) in [5, 5.41) is 105. The first kappa shape index (κ1) is 50.6. The first-order chi connectivity index (χ1) is 29.9. The molecule has 0 amide bonds. The van der Waals surface area contributed by atoms with Gasteiger partial charge in [0, 0.05) is 12.3 Å². The topological polar surface area (TPSA) is 275 Å². The lowest BCUT2D eigenvalue weighted by atomic mass is 9.35. The number of rotatable bonds is 12. The molecule has 3 saturated heterocycles. The van der Waals surface area contributed by atoms with Crippen LogP contribution in [0.5, 0.6) is 0 Å². The molecule has 17 nitrogen and oxygen atoms in total. The molecule has 0 bridgehead atoms. The van der Waals surface area contributed by atoms with E-state index in [1.54, 1.807) is 0 Å². The Bertz CT molecular complexity index is 1670. The molecule has 17 heteroatoms. The van der Waals surface area contributed by atoms with Crippen LogP contribution in [0.15, 0.2) is 11.6 Å². The maximum atomic E-state index is 15.1. The number of fused-ring (bicyclic) bond motifs is 5. The normalized spacial score (nSPS) is 51.3. The second-order valence-corrected chi connectivity index (χ2v) is 22.3. The molecule has 64 heavy (non-hydrogen) atoms. The van der Waals surface area contributed by atoms with Gasteiger partial charge in [-0.25, -0.2) is 0 Å². The number of carbonyl (C=O) groups is 1. The summed E-state index contributed by atoms with van der Waals surface area (Å²) in [5.41, 5.74) is -1.23. The van der Waals surface area contributed by atoms with Crippen molar-refractivity contribution in [3.05, 3.63) is 11.6 Å². The molecular weight excluding hydrogens is 837 g/mol. The highest BCUT2D eigenvalue weighted by Crippen LogP contribution is 2.75. The molecule has 4 aliphatic carbocycles. The van der Waals surface area contributed by atoms with Crippen LogP contribution in [-0.4, -0.2) is 174 Å². The molecule has 4 saturated carbocycles. The van der Waals surface area contributed by atoms with E-state index >= 15 is 4.79 Å². The van der Waals surface area contributed by atoms with Gasteiger partial charge < -0.3 is 79.5 Å². The lowest BCUT2D eigenvalue weighted by molar-refractivity contribution is -0.341. The third-order valence-electron chi connectivity index (χ3n) is 18.2. The number of carbonyl (C=O) groups excluding carboxylic acids is 1. The summed E-state index contributed by atoms with van der Waals surface area (Å²) >= 11 is 0. The van der Waals surface area contributed by atoms with Crippen LogP contribution in [0.2, 0.25) is 0 Å². The third kappa shape index (κ3) is 8.50. The minimum atomic E-state index is -1.64. The number of hydrogen-bond acceptors (Lipinski definition) is 17. The van der Waals surface area contributed by atoms with Crippen molar-refractivity contribution in [3.8, 4) is 0 Å². The molecule has 23 atom stereocenters. The molecule has 7 fully saturated rings. The quantitative estimate of drug-likeness (QED) is 0.0959. The Morgan fingerprint density at radius 1 is 0.734 bits per heavy atom. The Kier molecular flexibility index (Phi) is 14.7. The predicted octanol–water partition coefficient (Wildman–Crippen LogP) is 0.821. The summed E-state index contributed by atoms with van der Waals surface area (Å²) < 4.78 is 36.3. The highest BCUT2D eigenvalue weighted by molar-refractivity contribution is 5.84. The number of hydrogen-bond donors (Lipinski definition) is 10. The number of ketones is 1. The Balaban J connectivity index is 1.08. The zero-order chi connectivity index (χ0) is 47.1. The van der Waals surface area contributed by atoms with Gasteiger partial charge in [-0.15, -0.1) is 0 Å². The van der Waals surface area contributed by atoms with Crippen molar-refractivity contribution in [3.63, 3.8) is 0 Å². The van der Waals surface area contributed by atoms with Crippen molar-refractivity contribution in [1.29, 1.82) is 0 Å². The molecular formula is C47H78O17. The number of aliphatic hydroxyl groups excluding tert-OH is 10. The highest BCUT2D eigenvalue weighted by atomic mass is 16.7. The van der Waals surface area contributed by atoms with Crippen molar-refractivity contribution >= 4 is 5.78 Å². The smallest absolute Gasteiger partial charge is 0.187 e. The fourth-order valence-corrected chi connectivity index (χ4v) is 14.2. The van der Waals surface area contributed by atoms with Crippen molar-refractivity contribution in [1.82, 2.24) is 0 Å². The van der Waals surface area contributed by atoms with E-state index in [2.05, 4.69) is 40.7 Å². The number of allylic oxidation sites excluding steroid dienone is 2. The zero-order valence-electron chi connectivity index (χ0n) is 38.9. The zero-order valence-corrected chi connectivity index (χ0v) is 38.9. The number of Topliss-reactive ketones (excluding diaryl/α,β-unsaturated/α-hetero) is 1. The van der Waals surface area contributed by atoms with Crippen LogP contribution in [0.4, 0.5) is 0 Å². The molecule has 10 N–H and O–H groups in total. The van der Waals surface area contributed by atoms with E-state index in [-0.39, 0.29) is 53.5 Å². The number of ether oxygens (including phenoxy) is 6. The molecule has 7 aliphatic rings. The maximum absolute atomic E-state index is 15.1. The highest BCUT2D eigenvalue weighted by Gasteiger charge is 2.72. The first-order valence-corrected chi connectivity index (χ1v) is 23.6. The van der Waals surface area contributed by atoms with Gasteiger partial charge in [-0.1, -0.05) is 46.3 Å². The Hall–Kier alpha value is -1.23. The molecule has 0 radical (unpaired) electrons. The summed E-state index contributed by atoms with van der Waals surface area (Å²) in [7, 11) is 0. The summed E-state index contributed by atoms with van der Waals surface area (Å²) in [6.07, 6.45) is -12.4. The average molecular weight is 915 g/mol. The molecule has 7 rings (SSSR count). The van der Waals surface area contributed by atoms with Gasteiger partial charge in [0.2, 0.25) is 0 Å². The van der Waals surface area contributed by atoms with Crippen LogP contribution >= 0.6 is 0 Å². The van der Waals surface area contributed by atoms with E-state index < -0.39 is 115 Å². The van der Waals surface area contributed by atoms with Gasteiger partial charge in [0.15, 0.2) is 18.9 Å². The van der Waals surface area contributed by atoms with Gasteiger partial charge in [-0.05, 0) is 112 Å². The predicted molar refractivity (Wildman–Crippen MR) is 227 cm³/mol. The van der Waals surface area contributed by atoms with E-state index in [4.69, 9.17) is 28.4 Å². The average Bonchev–Trinajstić information content (AvgIpc) is 3.62. The SMILES string of the molecule is CC(C)=CCCC(C)(OC1OC(CO)C(O)C(O)C1O)C1CCC2(C)C1C(=O)CC1C3(C)CCC(OC4OC(COC5OCC(O)C(O)C5O)C(O)C(O)C4O)C(C)(C)C3CCC12C. The van der Waals surface area contributed by atoms with Crippen molar-refractivity contribution in [2.45, 2.75) is 211 Å². The third-order valence-corrected chi connectivity index (χ3v) is 18.2. The standard InChI is InChI=1S/C47H78O17/c1-22(2)10-9-14-47(8,64-42-39(58)35(54)33(52)26(19-48)61-42)23-11-16-46(7)31(23)24(49)18-29-44(5)15-13-30(43(3,4)28(44)12-17-45(29,46)6)63-41-38(57)36(55)34(53)27(62-41)21-60-40-37(56)32(51)25(50)20-59-40/h10,23,25-42,48,50-58H,9,11-21H2,1-8H3. The molecule has 0 aromatic heterocycles. The van der Waals surface area contributed by atoms with E-state index in [1.165, 1.54) is 0 Å². The van der Waals surface area contributed by atoms with Crippen LogP contribution in [0.3, 0.4) is 0 Å². The van der Waals surface area contributed by atoms with E-state index in [0.29, 0.717) is 32.1 Å². The lowest BCUT2D eigenvalue weighted by Gasteiger charge is -2.69. The van der Waals surface area contributed by atoms with Crippen LogP contribution in [-0.2, 0) is 33.2 Å². The Morgan fingerprint density at radius 2 is 1.34 bits per heavy atom. The van der Waals surface area contributed by atoms with Gasteiger partial charge in [0.1, 0.15) is 72.9 Å². The summed E-state index contributed by atoms with van der Waals surface area (Å²) in [4.78, 5) is 15.1. The molecule has 3 heterocycles. The summed E-state index contributed by atoms with van der Waals surface area (Å²) in [5.74, 6) is -0.254. The monoisotopic (exact) mass is 915 g/mol. The molecule has 0 aromatic carbocycles.